The summed E-state index contributed by atoms with van der Waals surface area (Å²) < 4.78 is 5.92. The Bertz CT molecular complexity index is 502. The Balaban J connectivity index is 3.56. The van der Waals surface area contributed by atoms with E-state index in [4.69, 9.17) is 15.4 Å². The number of carbonyl (C=O) groups is 1. The molecule has 0 bridgehead atoms. The van der Waals surface area contributed by atoms with Gasteiger partial charge >= 0.3 is 5.97 Å². The molecule has 0 spiro atoms. The second-order valence-corrected chi connectivity index (χ2v) is 8.37. The monoisotopic (exact) mass is 392 g/mol. The minimum absolute atomic E-state index is 0.284. The van der Waals surface area contributed by atoms with Gasteiger partial charge in [-0.1, -0.05) is 71.1 Å². The molecule has 0 saturated carbocycles. The summed E-state index contributed by atoms with van der Waals surface area (Å²) in [5.41, 5.74) is -0.370. The zero-order valence-electron chi connectivity index (χ0n) is 18.5. The van der Waals surface area contributed by atoms with Gasteiger partial charge in [0.05, 0.1) is 33.8 Å². The summed E-state index contributed by atoms with van der Waals surface area (Å²) in [6.07, 6.45) is 17.1. The van der Waals surface area contributed by atoms with E-state index in [2.05, 4.69) is 21.0 Å². The number of carbonyl (C=O) groups excluding carboxylic acids is 1. The molecule has 0 aliphatic rings. The Kier molecular flexibility index (Phi) is 16.5. The van der Waals surface area contributed by atoms with Crippen LogP contribution in [0.3, 0.4) is 0 Å². The number of nitriles is 1. The van der Waals surface area contributed by atoms with Crippen LogP contribution >= 0.6 is 0 Å². The Hall–Kier alpha value is -1.63. The second kappa shape index (κ2) is 17.5. The maximum Gasteiger partial charge on any atom is 0.358 e. The molecule has 0 amide bonds. The Labute approximate surface area is 172 Å². The summed E-state index contributed by atoms with van der Waals surface area (Å²) in [6.45, 7) is 4.62. The number of unbranched alkanes of at least 4 members (excludes halogenated alkanes) is 11. The first-order valence-corrected chi connectivity index (χ1v) is 11.2. The maximum atomic E-state index is 11.5. The van der Waals surface area contributed by atoms with Crippen LogP contribution in [0.5, 0.6) is 0 Å². The lowest BCUT2D eigenvalue weighted by Gasteiger charge is -2.29. The van der Waals surface area contributed by atoms with Crippen LogP contribution in [0.2, 0.25) is 0 Å². The van der Waals surface area contributed by atoms with Crippen molar-refractivity contribution in [3.63, 3.8) is 0 Å². The molecule has 0 aliphatic carbocycles. The lowest BCUT2D eigenvalue weighted by molar-refractivity contribution is -0.890. The molecule has 0 saturated heterocycles. The van der Waals surface area contributed by atoms with Gasteiger partial charge in [-0.3, -0.25) is 5.41 Å². The summed E-state index contributed by atoms with van der Waals surface area (Å²) in [5.74, 6) is 1.06. The highest BCUT2D eigenvalue weighted by Crippen LogP contribution is 2.13. The van der Waals surface area contributed by atoms with Crippen molar-refractivity contribution in [3.8, 4) is 6.07 Å². The van der Waals surface area contributed by atoms with Gasteiger partial charge in [0.1, 0.15) is 6.07 Å². The highest BCUT2D eigenvalue weighted by atomic mass is 16.5. The van der Waals surface area contributed by atoms with E-state index >= 15 is 0 Å². The fraction of sp³-hybridized carbons (Fsp3) is 0.826. The molecule has 0 rings (SSSR count). The van der Waals surface area contributed by atoms with Crippen LogP contribution in [-0.2, 0) is 9.53 Å². The molecule has 0 aromatic rings. The smallest absolute Gasteiger partial charge is 0.358 e. The highest BCUT2D eigenvalue weighted by Gasteiger charge is 2.15. The third-order valence-corrected chi connectivity index (χ3v) is 5.20. The molecule has 0 heterocycles. The van der Waals surface area contributed by atoms with Crippen molar-refractivity contribution in [3.05, 3.63) is 5.57 Å². The quantitative estimate of drug-likeness (QED) is 0.0848. The molecule has 0 fully saturated rings. The number of hydrogen-bond acceptors (Lipinski definition) is 4. The number of esters is 1. The van der Waals surface area contributed by atoms with Crippen molar-refractivity contribution in [2.45, 2.75) is 90.4 Å². The van der Waals surface area contributed by atoms with E-state index < -0.39 is 5.97 Å². The zero-order valence-corrected chi connectivity index (χ0v) is 18.5. The van der Waals surface area contributed by atoms with Crippen LogP contribution in [-0.4, -0.2) is 50.1 Å². The van der Waals surface area contributed by atoms with Gasteiger partial charge in [0.15, 0.2) is 5.57 Å². The van der Waals surface area contributed by atoms with E-state index in [0.717, 1.165) is 24.0 Å². The number of nitrogens with zero attached hydrogens (tertiary/aromatic N) is 2. The van der Waals surface area contributed by atoms with Gasteiger partial charge in [-0.15, -0.1) is 0 Å². The van der Waals surface area contributed by atoms with Gasteiger partial charge in [0.25, 0.3) is 0 Å². The standard InChI is InChI=1S/C23H42N3O2/c1-4-5-6-7-8-9-10-11-12-13-14-15-17-26(2,3)18-16-19-28-23(27)22(20-24)21-25/h24H,4-19H2,1-3H3/q+1. The number of nitrogens with one attached hydrogen (secondary N) is 1. The molecule has 0 aromatic heterocycles. The van der Waals surface area contributed by atoms with Crippen LogP contribution in [0, 0.1) is 16.7 Å². The Morgan fingerprint density at radius 2 is 1.32 bits per heavy atom. The van der Waals surface area contributed by atoms with Gasteiger partial charge in [-0.05, 0) is 12.8 Å². The van der Waals surface area contributed by atoms with Crippen molar-refractivity contribution < 1.29 is 14.0 Å². The Morgan fingerprint density at radius 3 is 1.79 bits per heavy atom. The third-order valence-electron chi connectivity index (χ3n) is 5.20. The minimum Gasteiger partial charge on any atom is -0.461 e. The molecular weight excluding hydrogens is 350 g/mol. The highest BCUT2D eigenvalue weighted by molar-refractivity contribution is 6.01. The first-order chi connectivity index (χ1) is 13.5. The van der Waals surface area contributed by atoms with Crippen LogP contribution in [0.15, 0.2) is 5.57 Å². The average Bonchev–Trinajstić information content (AvgIpc) is 2.67. The molecule has 28 heavy (non-hydrogen) atoms. The topological polar surface area (TPSA) is 73.9 Å². The lowest BCUT2D eigenvalue weighted by Crippen LogP contribution is -2.41. The van der Waals surface area contributed by atoms with E-state index in [0.29, 0.717) is 0 Å². The fourth-order valence-electron chi connectivity index (χ4n) is 3.35. The molecule has 1 N–H and O–H groups in total. The minimum atomic E-state index is -0.747. The predicted molar refractivity (Wildman–Crippen MR) is 115 cm³/mol. The van der Waals surface area contributed by atoms with Crippen molar-refractivity contribution >= 4 is 11.8 Å². The normalized spacial score (nSPS) is 10.9. The van der Waals surface area contributed by atoms with Gasteiger partial charge in [0.2, 0.25) is 0 Å². The second-order valence-electron chi connectivity index (χ2n) is 8.37. The molecule has 0 aliphatic heterocycles. The van der Waals surface area contributed by atoms with E-state index in [9.17, 15) is 4.79 Å². The predicted octanol–water partition coefficient (Wildman–Crippen LogP) is 5.40. The SMILES string of the molecule is CCCCCCCCCCCCCC[N+](C)(C)CCCOC(=O)C(=C=N)C#N. The first kappa shape index (κ1) is 26.4. The number of hydrogen-bond donors (Lipinski definition) is 1. The van der Waals surface area contributed by atoms with Gasteiger partial charge in [-0.25, -0.2) is 4.79 Å². The van der Waals surface area contributed by atoms with Gasteiger partial charge in [-0.2, -0.15) is 5.26 Å². The zero-order chi connectivity index (χ0) is 21.1. The summed E-state index contributed by atoms with van der Waals surface area (Å²) in [4.78, 5) is 11.5. The lowest BCUT2D eigenvalue weighted by atomic mass is 10.1. The summed E-state index contributed by atoms with van der Waals surface area (Å²) in [7, 11) is 4.41. The maximum absolute atomic E-state index is 11.5. The van der Waals surface area contributed by atoms with Gasteiger partial charge < -0.3 is 9.22 Å². The van der Waals surface area contributed by atoms with Crippen LogP contribution in [0.1, 0.15) is 90.4 Å². The van der Waals surface area contributed by atoms with Crippen molar-refractivity contribution in [1.29, 1.82) is 10.7 Å². The van der Waals surface area contributed by atoms with Crippen molar-refractivity contribution in [2.24, 2.45) is 0 Å². The molecule has 5 heteroatoms. The van der Waals surface area contributed by atoms with Crippen molar-refractivity contribution in [1.82, 2.24) is 0 Å². The van der Waals surface area contributed by atoms with E-state index in [-0.39, 0.29) is 12.2 Å². The number of quaternary nitrogens is 1. The Morgan fingerprint density at radius 1 is 0.857 bits per heavy atom. The van der Waals surface area contributed by atoms with E-state index in [1.807, 2.05) is 0 Å². The molecular formula is C23H42N3O2+. The fourth-order valence-corrected chi connectivity index (χ4v) is 3.35. The molecule has 0 unspecified atom stereocenters. The third kappa shape index (κ3) is 15.4. The number of rotatable bonds is 18. The van der Waals surface area contributed by atoms with Crippen molar-refractivity contribution in [2.75, 3.05) is 33.8 Å². The summed E-state index contributed by atoms with van der Waals surface area (Å²) in [6, 6.07) is 1.61. The van der Waals surface area contributed by atoms with Gasteiger partial charge in [0, 0.05) is 12.3 Å². The first-order valence-electron chi connectivity index (χ1n) is 11.2. The van der Waals surface area contributed by atoms with Crippen LogP contribution < -0.4 is 0 Å². The van der Waals surface area contributed by atoms with Crippen LogP contribution in [0.4, 0.5) is 0 Å². The average molecular weight is 393 g/mol. The molecule has 0 aromatic carbocycles. The summed E-state index contributed by atoms with van der Waals surface area (Å²) >= 11 is 0. The van der Waals surface area contributed by atoms with E-state index in [1.54, 1.807) is 11.9 Å². The molecule has 160 valence electrons. The summed E-state index contributed by atoms with van der Waals surface area (Å²) in [5, 5.41) is 15.5. The molecule has 0 radical (unpaired) electrons. The molecule has 0 atom stereocenters. The molecule has 5 nitrogen and oxygen atoms in total. The largest absolute Gasteiger partial charge is 0.461 e. The van der Waals surface area contributed by atoms with E-state index in [1.165, 1.54) is 77.0 Å². The number of ether oxygens (including phenoxy) is 1. The van der Waals surface area contributed by atoms with Crippen LogP contribution in [0.25, 0.3) is 0 Å².